The van der Waals surface area contributed by atoms with E-state index in [0.29, 0.717) is 18.3 Å². The van der Waals surface area contributed by atoms with Crippen molar-refractivity contribution >= 4 is 30.0 Å². The second-order valence-electron chi connectivity index (χ2n) is 13.1. The van der Waals surface area contributed by atoms with E-state index in [1.165, 1.54) is 48.4 Å². The van der Waals surface area contributed by atoms with Crippen molar-refractivity contribution in [2.24, 2.45) is 0 Å². The third kappa shape index (κ3) is 9.52. The number of carbonyl (C=O) groups excluding carboxylic acids is 3. The zero-order valence-corrected chi connectivity index (χ0v) is 29.6. The molecule has 272 valence electrons. The lowest BCUT2D eigenvalue weighted by molar-refractivity contribution is -0.166. The molecule has 0 unspecified atom stereocenters. The second kappa shape index (κ2) is 17.1. The number of ether oxygens (including phenoxy) is 3. The van der Waals surface area contributed by atoms with Crippen LogP contribution in [0.3, 0.4) is 0 Å². The van der Waals surface area contributed by atoms with E-state index in [0.717, 1.165) is 36.9 Å². The molecule has 12 nitrogen and oxygen atoms in total. The van der Waals surface area contributed by atoms with Gasteiger partial charge in [0.2, 0.25) is 12.2 Å². The van der Waals surface area contributed by atoms with E-state index in [4.69, 9.17) is 14.2 Å². The van der Waals surface area contributed by atoms with Gasteiger partial charge in [0.1, 0.15) is 5.75 Å². The maximum atomic E-state index is 12.2. The minimum Gasteiger partial charge on any atom is -0.478 e. The average molecular weight is 703 g/mol. The maximum Gasteiger partial charge on any atom is 0.412 e. The van der Waals surface area contributed by atoms with Crippen LogP contribution in [-0.2, 0) is 30.9 Å². The van der Waals surface area contributed by atoms with Gasteiger partial charge in [0, 0.05) is 18.0 Å². The summed E-state index contributed by atoms with van der Waals surface area (Å²) in [5.41, 5.74) is 4.77. The number of likely N-dealkylation sites (tertiary alicyclic amines) is 1. The molecule has 1 aliphatic carbocycles. The van der Waals surface area contributed by atoms with E-state index in [1.807, 2.05) is 6.07 Å². The Kier molecular flexibility index (Phi) is 13.0. The van der Waals surface area contributed by atoms with Gasteiger partial charge in [0.25, 0.3) is 0 Å². The summed E-state index contributed by atoms with van der Waals surface area (Å²) >= 11 is 0. The summed E-state index contributed by atoms with van der Waals surface area (Å²) in [5.74, 6) is -4.96. The van der Waals surface area contributed by atoms with Crippen LogP contribution in [0.15, 0.2) is 66.7 Å². The Hall–Kier alpha value is -5.23. The largest absolute Gasteiger partial charge is 0.478 e. The number of carbonyl (C=O) groups is 5. The molecule has 4 atom stereocenters. The number of unbranched alkanes of at least 4 members (excludes halogenated alkanes) is 1. The van der Waals surface area contributed by atoms with Gasteiger partial charge < -0.3 is 29.7 Å². The zero-order chi connectivity index (χ0) is 37.3. The first-order chi connectivity index (χ1) is 24.3. The normalized spacial score (nSPS) is 18.6. The molecule has 1 amide bonds. The number of nitrogens with zero attached hydrogens (tertiary/aromatic N) is 1. The fourth-order valence-corrected chi connectivity index (χ4v) is 6.43. The number of benzene rings is 3. The number of fused-ring (bicyclic) bond motifs is 3. The van der Waals surface area contributed by atoms with Crippen molar-refractivity contribution in [2.45, 2.75) is 84.0 Å². The van der Waals surface area contributed by atoms with E-state index < -0.39 is 36.1 Å². The van der Waals surface area contributed by atoms with Crippen molar-refractivity contribution in [3.63, 3.8) is 0 Å². The minimum absolute atomic E-state index is 0.0332. The van der Waals surface area contributed by atoms with Gasteiger partial charge in [-0.05, 0) is 93.7 Å². The van der Waals surface area contributed by atoms with Crippen LogP contribution in [0.25, 0.3) is 0 Å². The van der Waals surface area contributed by atoms with Gasteiger partial charge in [-0.25, -0.2) is 24.0 Å². The number of hydrogen-bond acceptors (Lipinski definition) is 9. The molecular formula is C39H46N2O10. The Morgan fingerprint density at radius 3 is 1.84 bits per heavy atom. The molecule has 0 aromatic heterocycles. The van der Waals surface area contributed by atoms with Gasteiger partial charge in [-0.15, -0.1) is 0 Å². The summed E-state index contributed by atoms with van der Waals surface area (Å²) in [6.07, 6.45) is -0.451. The van der Waals surface area contributed by atoms with Gasteiger partial charge >= 0.3 is 30.0 Å². The molecule has 0 radical (unpaired) electrons. The molecule has 5 rings (SSSR count). The molecule has 2 aliphatic rings. The molecule has 3 aromatic carbocycles. The SMILES string of the molecule is CCCCNC(=O)Oc1ccc2c(c1)[C@@]1(C)CCN(CC)[C@H]1C2.Cc1ccc(C(=O)O[C@@H](C(=O)O)[C@@H](OC(=O)c2ccc(C)cc2)C(=O)O)cc1. The minimum atomic E-state index is -2.22. The third-order valence-corrected chi connectivity index (χ3v) is 9.43. The highest BCUT2D eigenvalue weighted by atomic mass is 16.6. The lowest BCUT2D eigenvalue weighted by atomic mass is 9.80. The van der Waals surface area contributed by atoms with E-state index in [-0.39, 0.29) is 22.6 Å². The number of likely N-dealkylation sites (N-methyl/N-ethyl adjacent to an activating group) is 1. The number of esters is 2. The van der Waals surface area contributed by atoms with Crippen LogP contribution < -0.4 is 10.1 Å². The van der Waals surface area contributed by atoms with Crippen molar-refractivity contribution in [3.05, 3.63) is 100 Å². The number of carboxylic acid groups (broad SMARTS) is 2. The van der Waals surface area contributed by atoms with E-state index in [2.05, 4.69) is 43.1 Å². The second-order valence-corrected chi connectivity index (χ2v) is 13.1. The van der Waals surface area contributed by atoms with E-state index >= 15 is 0 Å². The van der Waals surface area contributed by atoms with Crippen LogP contribution in [0.5, 0.6) is 5.75 Å². The number of rotatable bonds is 12. The third-order valence-electron chi connectivity index (χ3n) is 9.43. The molecule has 51 heavy (non-hydrogen) atoms. The fraction of sp³-hybridized carbons (Fsp3) is 0.410. The van der Waals surface area contributed by atoms with Crippen molar-refractivity contribution in [1.29, 1.82) is 0 Å². The molecule has 3 N–H and O–H groups in total. The Balaban J connectivity index is 0.000000233. The summed E-state index contributed by atoms with van der Waals surface area (Å²) in [4.78, 5) is 61.8. The molecule has 0 saturated carbocycles. The molecule has 3 aromatic rings. The molecular weight excluding hydrogens is 656 g/mol. The fourth-order valence-electron chi connectivity index (χ4n) is 6.43. The van der Waals surface area contributed by atoms with Crippen molar-refractivity contribution in [1.82, 2.24) is 10.2 Å². The van der Waals surface area contributed by atoms with Gasteiger partial charge in [-0.3, -0.25) is 4.90 Å². The molecule has 1 fully saturated rings. The van der Waals surface area contributed by atoms with Crippen LogP contribution in [0.4, 0.5) is 4.79 Å². The highest BCUT2D eigenvalue weighted by Crippen LogP contribution is 2.48. The predicted molar refractivity (Wildman–Crippen MR) is 188 cm³/mol. The molecule has 0 bridgehead atoms. The summed E-state index contributed by atoms with van der Waals surface area (Å²) < 4.78 is 15.1. The first-order valence-electron chi connectivity index (χ1n) is 17.1. The summed E-state index contributed by atoms with van der Waals surface area (Å²) in [6.45, 7) is 13.2. The Morgan fingerprint density at radius 1 is 0.843 bits per heavy atom. The van der Waals surface area contributed by atoms with Crippen LogP contribution in [0, 0.1) is 13.8 Å². The number of hydrogen-bond donors (Lipinski definition) is 3. The Morgan fingerprint density at radius 2 is 1.37 bits per heavy atom. The highest BCUT2D eigenvalue weighted by Gasteiger charge is 2.49. The zero-order valence-electron chi connectivity index (χ0n) is 29.6. The Bertz CT molecular complexity index is 1650. The van der Waals surface area contributed by atoms with Gasteiger partial charge in [-0.1, -0.05) is 68.7 Å². The number of nitrogens with one attached hydrogen (secondary N) is 1. The molecule has 1 saturated heterocycles. The van der Waals surface area contributed by atoms with E-state index in [9.17, 15) is 34.2 Å². The van der Waals surface area contributed by atoms with Crippen LogP contribution in [0.2, 0.25) is 0 Å². The monoisotopic (exact) mass is 702 g/mol. The smallest absolute Gasteiger partial charge is 0.412 e. The summed E-state index contributed by atoms with van der Waals surface area (Å²) in [6, 6.07) is 18.8. The predicted octanol–water partition coefficient (Wildman–Crippen LogP) is 5.71. The number of aryl methyl sites for hydroxylation is 2. The highest BCUT2D eigenvalue weighted by molar-refractivity contribution is 5.95. The standard InChI is InChI=1S/C20H18O8.C19H28N2O2/c1-11-3-7-13(8-4-11)19(25)27-15(17(21)22)16(18(23)24)28-20(26)14-9-5-12(2)6-10-14;1-4-6-10-20-18(22)23-15-8-7-14-12-17-19(3,16(14)13-15)9-11-21(17)5-2/h3-10,15-16H,1-2H3,(H,21,22)(H,23,24);7-8,13,17H,4-6,9-12H2,1-3H3,(H,20,22)/t15-,16-;17-,19+/m10/s1. The van der Waals surface area contributed by atoms with E-state index in [1.54, 1.807) is 38.1 Å². The molecule has 12 heteroatoms. The summed E-state index contributed by atoms with van der Waals surface area (Å²) in [7, 11) is 0. The average Bonchev–Trinajstić information content (AvgIpc) is 3.57. The summed E-state index contributed by atoms with van der Waals surface area (Å²) in [5, 5.41) is 21.4. The lowest BCUT2D eigenvalue weighted by Crippen LogP contribution is -2.45. The van der Waals surface area contributed by atoms with Crippen LogP contribution in [0.1, 0.15) is 83.0 Å². The first-order valence-corrected chi connectivity index (χ1v) is 17.1. The van der Waals surface area contributed by atoms with Crippen molar-refractivity contribution < 1.29 is 48.4 Å². The Labute approximate surface area is 297 Å². The first kappa shape index (κ1) is 38.6. The van der Waals surface area contributed by atoms with Gasteiger partial charge in [0.15, 0.2) is 0 Å². The number of aliphatic carboxylic acids is 2. The van der Waals surface area contributed by atoms with Gasteiger partial charge in [-0.2, -0.15) is 0 Å². The van der Waals surface area contributed by atoms with Crippen molar-refractivity contribution in [3.8, 4) is 5.75 Å². The van der Waals surface area contributed by atoms with Gasteiger partial charge in [0.05, 0.1) is 11.1 Å². The van der Waals surface area contributed by atoms with Crippen LogP contribution in [-0.4, -0.2) is 83.0 Å². The maximum absolute atomic E-state index is 12.2. The number of amides is 1. The lowest BCUT2D eigenvalue weighted by Gasteiger charge is -2.29. The molecule has 0 spiro atoms. The molecule has 1 heterocycles. The van der Waals surface area contributed by atoms with Crippen LogP contribution >= 0.6 is 0 Å². The number of carboxylic acids is 2. The quantitative estimate of drug-likeness (QED) is 0.156. The van der Waals surface area contributed by atoms with Crippen molar-refractivity contribution in [2.75, 3.05) is 19.6 Å². The molecule has 1 aliphatic heterocycles. The topological polar surface area (TPSA) is 169 Å².